The predicted molar refractivity (Wildman–Crippen MR) is 84.3 cm³/mol. The second-order valence-electron chi connectivity index (χ2n) is 6.99. The van der Waals surface area contributed by atoms with Crippen LogP contribution >= 0.6 is 0 Å². The molecule has 5 heteroatoms. The van der Waals surface area contributed by atoms with E-state index in [0.717, 1.165) is 17.5 Å². The van der Waals surface area contributed by atoms with Crippen LogP contribution in [0.25, 0.3) is 0 Å². The molecule has 22 heavy (non-hydrogen) atoms. The number of ether oxygens (including phenoxy) is 1. The lowest BCUT2D eigenvalue weighted by atomic mass is 9.83. The molecule has 2 atom stereocenters. The molecule has 2 unspecified atom stereocenters. The van der Waals surface area contributed by atoms with Gasteiger partial charge in [0.05, 0.1) is 0 Å². The number of likely N-dealkylation sites (tertiary alicyclic amines) is 1. The number of carbonyl (C=O) groups excluding carboxylic acids is 1. The summed E-state index contributed by atoms with van der Waals surface area (Å²) < 4.78 is 18.6. The summed E-state index contributed by atoms with van der Waals surface area (Å²) in [5, 5.41) is 0. The van der Waals surface area contributed by atoms with Crippen LogP contribution in [0.1, 0.15) is 44.2 Å². The maximum absolute atomic E-state index is 13.2. The van der Waals surface area contributed by atoms with Gasteiger partial charge in [0.1, 0.15) is 11.4 Å². The highest BCUT2D eigenvalue weighted by Crippen LogP contribution is 2.30. The Labute approximate surface area is 131 Å². The minimum atomic E-state index is -0.508. The standard InChI is InChI=1S/C17H25FN2O2/c1-11-9-12(18)5-6-13(11)14-7-8-20(10-15(14)19)16(21)22-17(2,3)4/h5-6,9,14-15H,7-8,10,19H2,1-4H3. The number of hydrogen-bond acceptors (Lipinski definition) is 3. The molecule has 0 aromatic heterocycles. The molecular weight excluding hydrogens is 283 g/mol. The van der Waals surface area contributed by atoms with Crippen molar-refractivity contribution >= 4 is 6.09 Å². The number of nitrogens with two attached hydrogens (primary N) is 1. The van der Waals surface area contributed by atoms with Gasteiger partial charge in [0, 0.05) is 25.0 Å². The van der Waals surface area contributed by atoms with Gasteiger partial charge in [0.15, 0.2) is 0 Å². The second kappa shape index (κ2) is 6.24. The highest BCUT2D eigenvalue weighted by molar-refractivity contribution is 5.68. The topological polar surface area (TPSA) is 55.6 Å². The van der Waals surface area contributed by atoms with Crippen LogP contribution < -0.4 is 5.73 Å². The third-order valence-corrected chi connectivity index (χ3v) is 3.94. The molecule has 1 aliphatic rings. The van der Waals surface area contributed by atoms with Crippen molar-refractivity contribution in [3.8, 4) is 0 Å². The molecule has 4 nitrogen and oxygen atoms in total. The molecule has 1 saturated heterocycles. The molecule has 0 spiro atoms. The van der Waals surface area contributed by atoms with Crippen molar-refractivity contribution in [2.75, 3.05) is 13.1 Å². The summed E-state index contributed by atoms with van der Waals surface area (Å²) in [7, 11) is 0. The zero-order chi connectivity index (χ0) is 16.5. The first-order valence-electron chi connectivity index (χ1n) is 7.67. The number of benzene rings is 1. The third kappa shape index (κ3) is 3.97. The Morgan fingerprint density at radius 3 is 2.64 bits per heavy atom. The molecule has 0 aliphatic carbocycles. The summed E-state index contributed by atoms with van der Waals surface area (Å²) in [5.41, 5.74) is 7.73. The van der Waals surface area contributed by atoms with Crippen molar-refractivity contribution in [3.63, 3.8) is 0 Å². The summed E-state index contributed by atoms with van der Waals surface area (Å²) in [6, 6.07) is 4.63. The van der Waals surface area contributed by atoms with Crippen LogP contribution in [-0.2, 0) is 4.74 Å². The van der Waals surface area contributed by atoms with E-state index < -0.39 is 5.60 Å². The zero-order valence-corrected chi connectivity index (χ0v) is 13.7. The Balaban J connectivity index is 2.05. The first kappa shape index (κ1) is 16.7. The number of amides is 1. The number of rotatable bonds is 1. The lowest BCUT2D eigenvalue weighted by molar-refractivity contribution is 0.0186. The molecule has 0 radical (unpaired) electrons. The van der Waals surface area contributed by atoms with Crippen LogP contribution in [0, 0.1) is 12.7 Å². The van der Waals surface area contributed by atoms with E-state index in [2.05, 4.69) is 0 Å². The maximum atomic E-state index is 13.2. The van der Waals surface area contributed by atoms with Gasteiger partial charge in [-0.25, -0.2) is 9.18 Å². The smallest absolute Gasteiger partial charge is 0.410 e. The van der Waals surface area contributed by atoms with Gasteiger partial charge in [-0.05, 0) is 57.4 Å². The summed E-state index contributed by atoms with van der Waals surface area (Å²) in [6.45, 7) is 8.49. The number of hydrogen-bond donors (Lipinski definition) is 1. The van der Waals surface area contributed by atoms with Gasteiger partial charge in [0.25, 0.3) is 0 Å². The van der Waals surface area contributed by atoms with Crippen molar-refractivity contribution in [1.82, 2.24) is 4.90 Å². The van der Waals surface area contributed by atoms with Crippen LogP contribution in [0.2, 0.25) is 0 Å². The van der Waals surface area contributed by atoms with E-state index in [0.29, 0.717) is 13.1 Å². The molecule has 1 fully saturated rings. The third-order valence-electron chi connectivity index (χ3n) is 3.94. The quantitative estimate of drug-likeness (QED) is 0.867. The van der Waals surface area contributed by atoms with Crippen LogP contribution in [0.15, 0.2) is 18.2 Å². The normalized spacial score (nSPS) is 22.5. The molecule has 122 valence electrons. The molecular formula is C17H25FN2O2. The molecule has 1 aromatic rings. The van der Waals surface area contributed by atoms with E-state index in [1.807, 2.05) is 27.7 Å². The van der Waals surface area contributed by atoms with Gasteiger partial charge in [-0.15, -0.1) is 0 Å². The summed E-state index contributed by atoms with van der Waals surface area (Å²) in [6.07, 6.45) is 0.435. The van der Waals surface area contributed by atoms with E-state index in [1.54, 1.807) is 11.0 Å². The second-order valence-corrected chi connectivity index (χ2v) is 6.99. The molecule has 1 aliphatic heterocycles. The van der Waals surface area contributed by atoms with Crippen LogP contribution in [-0.4, -0.2) is 35.7 Å². The molecule has 1 heterocycles. The monoisotopic (exact) mass is 308 g/mol. The average molecular weight is 308 g/mol. The molecule has 0 bridgehead atoms. The van der Waals surface area contributed by atoms with Crippen molar-refractivity contribution in [2.24, 2.45) is 5.73 Å². The van der Waals surface area contributed by atoms with Crippen LogP contribution in [0.4, 0.5) is 9.18 Å². The highest BCUT2D eigenvalue weighted by atomic mass is 19.1. The number of halogens is 1. The molecule has 1 amide bonds. The molecule has 1 aromatic carbocycles. The van der Waals surface area contributed by atoms with Gasteiger partial charge >= 0.3 is 6.09 Å². The van der Waals surface area contributed by atoms with E-state index in [9.17, 15) is 9.18 Å². The van der Waals surface area contributed by atoms with Gasteiger partial charge < -0.3 is 15.4 Å². The van der Waals surface area contributed by atoms with E-state index >= 15 is 0 Å². The van der Waals surface area contributed by atoms with E-state index in [-0.39, 0.29) is 23.9 Å². The van der Waals surface area contributed by atoms with Gasteiger partial charge in [0.2, 0.25) is 0 Å². The number of piperidine rings is 1. The number of carbonyl (C=O) groups is 1. The van der Waals surface area contributed by atoms with Crippen molar-refractivity contribution < 1.29 is 13.9 Å². The lowest BCUT2D eigenvalue weighted by Gasteiger charge is -2.38. The largest absolute Gasteiger partial charge is 0.444 e. The summed E-state index contributed by atoms with van der Waals surface area (Å²) in [5.74, 6) is -0.0969. The SMILES string of the molecule is Cc1cc(F)ccc1C1CCN(C(=O)OC(C)(C)C)CC1N. The Bertz CT molecular complexity index is 554. The van der Waals surface area contributed by atoms with Gasteiger partial charge in [-0.2, -0.15) is 0 Å². The van der Waals surface area contributed by atoms with E-state index in [4.69, 9.17) is 10.5 Å². The van der Waals surface area contributed by atoms with Crippen molar-refractivity contribution in [3.05, 3.63) is 35.1 Å². The lowest BCUT2D eigenvalue weighted by Crippen LogP contribution is -2.50. The Morgan fingerprint density at radius 1 is 1.41 bits per heavy atom. The van der Waals surface area contributed by atoms with Crippen molar-refractivity contribution in [2.45, 2.75) is 51.7 Å². The predicted octanol–water partition coefficient (Wildman–Crippen LogP) is 3.19. The van der Waals surface area contributed by atoms with Crippen LogP contribution in [0.3, 0.4) is 0 Å². The van der Waals surface area contributed by atoms with Gasteiger partial charge in [-0.1, -0.05) is 6.07 Å². The van der Waals surface area contributed by atoms with Crippen molar-refractivity contribution in [1.29, 1.82) is 0 Å². The maximum Gasteiger partial charge on any atom is 0.410 e. The summed E-state index contributed by atoms with van der Waals surface area (Å²) in [4.78, 5) is 13.8. The van der Waals surface area contributed by atoms with Crippen LogP contribution in [0.5, 0.6) is 0 Å². The molecule has 2 rings (SSSR count). The molecule has 2 N–H and O–H groups in total. The van der Waals surface area contributed by atoms with E-state index in [1.165, 1.54) is 12.1 Å². The minimum absolute atomic E-state index is 0.138. The Morgan fingerprint density at radius 2 is 2.09 bits per heavy atom. The number of nitrogens with zero attached hydrogens (tertiary/aromatic N) is 1. The average Bonchev–Trinajstić information content (AvgIpc) is 2.37. The Kier molecular flexibility index (Phi) is 4.75. The minimum Gasteiger partial charge on any atom is -0.444 e. The highest BCUT2D eigenvalue weighted by Gasteiger charge is 2.32. The first-order valence-corrected chi connectivity index (χ1v) is 7.67. The first-order chi connectivity index (χ1) is 10.2. The molecule has 0 saturated carbocycles. The fraction of sp³-hybridized carbons (Fsp3) is 0.588. The summed E-state index contributed by atoms with van der Waals surface area (Å²) >= 11 is 0. The number of aryl methyl sites for hydroxylation is 1. The van der Waals surface area contributed by atoms with Gasteiger partial charge in [-0.3, -0.25) is 0 Å². The fourth-order valence-electron chi connectivity index (χ4n) is 2.92. The fourth-order valence-corrected chi connectivity index (χ4v) is 2.92. The Hall–Kier alpha value is -1.62. The zero-order valence-electron chi connectivity index (χ0n) is 13.7.